The van der Waals surface area contributed by atoms with Crippen LogP contribution in [0.4, 0.5) is 4.79 Å². The number of carboxylic acids is 1. The van der Waals surface area contributed by atoms with E-state index < -0.39 is 34.1 Å². The summed E-state index contributed by atoms with van der Waals surface area (Å²) in [5, 5.41) is 10.8. The molecule has 2 fully saturated rings. The molecular formula is C11H14N3NaO5S2. The van der Waals surface area contributed by atoms with E-state index in [9.17, 15) is 19.5 Å². The molecule has 11 heteroatoms. The van der Waals surface area contributed by atoms with Crippen molar-refractivity contribution < 1.29 is 53.8 Å². The number of amides is 2. The third-order valence-corrected chi connectivity index (χ3v) is 5.11. The molecule has 2 saturated heterocycles. The van der Waals surface area contributed by atoms with Crippen LogP contribution < -0.4 is 39.4 Å². The summed E-state index contributed by atoms with van der Waals surface area (Å²) in [6, 6.07) is -0.984. The van der Waals surface area contributed by atoms with E-state index in [0.717, 1.165) is 0 Å². The number of thioether (sulfide) groups is 1. The molecule has 2 heterocycles. The van der Waals surface area contributed by atoms with Crippen molar-refractivity contribution in [1.82, 2.24) is 9.62 Å². The van der Waals surface area contributed by atoms with Gasteiger partial charge in [0.25, 0.3) is 5.91 Å². The number of rotatable bonds is 4. The summed E-state index contributed by atoms with van der Waals surface area (Å²) in [7, 11) is 0. The number of nitrogens with zero attached hydrogens (tertiary/aromatic N) is 2. The number of carbonyl (C=O) groups is 3. The largest absolute Gasteiger partial charge is 1.00 e. The van der Waals surface area contributed by atoms with Gasteiger partial charge in [-0.3, -0.25) is 4.79 Å². The summed E-state index contributed by atoms with van der Waals surface area (Å²) in [5.74, 6) is -1.73. The average molecular weight is 355 g/mol. The molecule has 0 aromatic rings. The number of nitrogens with one attached hydrogen (secondary N) is 1. The molecule has 0 aliphatic carbocycles. The van der Waals surface area contributed by atoms with Gasteiger partial charge in [-0.2, -0.15) is 4.40 Å². The molecule has 0 unspecified atom stereocenters. The summed E-state index contributed by atoms with van der Waals surface area (Å²) < 4.78 is 10.2. The monoisotopic (exact) mass is 355 g/mol. The summed E-state index contributed by atoms with van der Waals surface area (Å²) in [6.45, 7) is 5.38. The van der Waals surface area contributed by atoms with Crippen molar-refractivity contribution in [2.45, 2.75) is 36.9 Å². The smallest absolute Gasteiger partial charge is 0.548 e. The van der Waals surface area contributed by atoms with Crippen LogP contribution in [-0.4, -0.2) is 51.4 Å². The average Bonchev–Trinajstić information content (AvgIpc) is 2.63. The van der Waals surface area contributed by atoms with E-state index in [-0.39, 0.29) is 41.9 Å². The van der Waals surface area contributed by atoms with Crippen LogP contribution in [0.15, 0.2) is 4.40 Å². The molecule has 22 heavy (non-hydrogen) atoms. The van der Waals surface area contributed by atoms with Gasteiger partial charge in [-0.1, -0.05) is 0 Å². The molecule has 0 aromatic heterocycles. The van der Waals surface area contributed by atoms with Crippen LogP contribution in [-0.2, 0) is 14.3 Å². The van der Waals surface area contributed by atoms with E-state index in [1.807, 2.05) is 0 Å². The van der Waals surface area contributed by atoms with Crippen LogP contribution in [0.3, 0.4) is 0 Å². The van der Waals surface area contributed by atoms with Crippen molar-refractivity contribution in [2.24, 2.45) is 4.40 Å². The van der Waals surface area contributed by atoms with Crippen molar-refractivity contribution in [2.75, 3.05) is 6.61 Å². The van der Waals surface area contributed by atoms with Crippen molar-refractivity contribution in [3.05, 3.63) is 0 Å². The van der Waals surface area contributed by atoms with E-state index in [4.69, 9.17) is 0 Å². The number of fused-ring (bicyclic) bond motifs is 1. The van der Waals surface area contributed by atoms with Gasteiger partial charge in [-0.25, -0.2) is 9.52 Å². The number of hydrogen-bond donors (Lipinski definition) is 1. The van der Waals surface area contributed by atoms with Crippen molar-refractivity contribution in [3.8, 4) is 0 Å². The van der Waals surface area contributed by atoms with Gasteiger partial charge >= 0.3 is 35.7 Å². The van der Waals surface area contributed by atoms with E-state index in [2.05, 4.69) is 13.9 Å². The van der Waals surface area contributed by atoms with E-state index in [1.54, 1.807) is 20.8 Å². The minimum atomic E-state index is -1.28. The molecule has 2 aliphatic rings. The molecule has 116 valence electrons. The molecule has 0 aromatic carbocycles. The van der Waals surface area contributed by atoms with Crippen molar-refractivity contribution in [3.63, 3.8) is 0 Å². The van der Waals surface area contributed by atoms with Crippen molar-refractivity contribution >= 4 is 47.6 Å². The van der Waals surface area contributed by atoms with E-state index in [0.29, 0.717) is 12.1 Å². The SMILES string of the molecule is CCOC(=O)NSN=C1C(=O)N2[C@@H]1SC(C)(C)[C@@H]2C(=O)[O-].[Na+]. The Kier molecular flexibility index (Phi) is 6.63. The van der Waals surface area contributed by atoms with Gasteiger partial charge in [0.15, 0.2) is 0 Å². The van der Waals surface area contributed by atoms with E-state index >= 15 is 0 Å². The Morgan fingerprint density at radius 3 is 2.73 bits per heavy atom. The van der Waals surface area contributed by atoms with Crippen LogP contribution in [0.2, 0.25) is 0 Å². The second kappa shape index (κ2) is 7.43. The molecule has 0 spiro atoms. The minimum absolute atomic E-state index is 0. The van der Waals surface area contributed by atoms with Gasteiger partial charge in [-0.05, 0) is 20.8 Å². The number of hydrogen-bond acceptors (Lipinski definition) is 8. The molecular weight excluding hydrogens is 341 g/mol. The maximum absolute atomic E-state index is 12.0. The van der Waals surface area contributed by atoms with Gasteiger partial charge in [0.2, 0.25) is 0 Å². The summed E-state index contributed by atoms with van der Waals surface area (Å²) in [4.78, 5) is 35.5. The zero-order valence-electron chi connectivity index (χ0n) is 12.6. The Balaban J connectivity index is 0.00000242. The number of ether oxygens (including phenoxy) is 1. The fraction of sp³-hybridized carbons (Fsp3) is 0.636. The summed E-state index contributed by atoms with van der Waals surface area (Å²) in [6.07, 6.45) is -0.650. The number of carboxylic acid groups (broad SMARTS) is 1. The first-order valence-corrected chi connectivity index (χ1v) is 7.83. The number of carbonyl (C=O) groups excluding carboxylic acids is 3. The Morgan fingerprint density at radius 1 is 1.55 bits per heavy atom. The first kappa shape index (κ1) is 19.6. The first-order chi connectivity index (χ1) is 9.79. The Hall–Kier alpha value is -0.420. The third-order valence-electron chi connectivity index (χ3n) is 3.06. The molecule has 8 nitrogen and oxygen atoms in total. The van der Waals surface area contributed by atoms with Crippen LogP contribution in [0.25, 0.3) is 0 Å². The third kappa shape index (κ3) is 3.56. The van der Waals surface area contributed by atoms with Crippen LogP contribution in [0.5, 0.6) is 0 Å². The first-order valence-electron chi connectivity index (χ1n) is 6.17. The van der Waals surface area contributed by atoms with Gasteiger partial charge in [0.1, 0.15) is 11.1 Å². The van der Waals surface area contributed by atoms with Crippen molar-refractivity contribution in [1.29, 1.82) is 0 Å². The summed E-state index contributed by atoms with van der Waals surface area (Å²) in [5.41, 5.74) is 0.221. The maximum Gasteiger partial charge on any atom is 1.00 e. The van der Waals surface area contributed by atoms with Crippen LogP contribution >= 0.6 is 23.9 Å². The molecule has 2 rings (SSSR count). The quantitative estimate of drug-likeness (QED) is 0.317. The van der Waals surface area contributed by atoms with E-state index in [1.165, 1.54) is 16.7 Å². The van der Waals surface area contributed by atoms with Gasteiger partial charge in [0.05, 0.1) is 30.8 Å². The fourth-order valence-electron chi connectivity index (χ4n) is 2.21. The zero-order chi connectivity index (χ0) is 15.8. The normalized spacial score (nSPS) is 26.8. The standard InChI is InChI=1S/C11H15N3O5S2.Na/c1-4-19-10(18)13-21-12-5-7(15)14-6(9(16)17)11(2,3)20-8(5)14;/h6,8H,4H2,1-3H3,(H,13,18)(H,16,17);/q;+1/p-1/t6-,8+;/m0./s1. The van der Waals surface area contributed by atoms with Crippen LogP contribution in [0.1, 0.15) is 20.8 Å². The molecule has 2 amide bonds. The molecule has 1 N–H and O–H groups in total. The number of β-lactam (4-membered cyclic amide) rings is 1. The minimum Gasteiger partial charge on any atom is -0.548 e. The second-order valence-corrected chi connectivity index (χ2v) is 7.20. The predicted octanol–water partition coefficient (Wildman–Crippen LogP) is -3.45. The Bertz CT molecular complexity index is 528. The second-order valence-electron chi connectivity index (χ2n) is 4.90. The molecule has 0 saturated carbocycles. The summed E-state index contributed by atoms with van der Waals surface area (Å²) >= 11 is 2.02. The zero-order valence-corrected chi connectivity index (χ0v) is 16.2. The topological polar surface area (TPSA) is 111 Å². The number of aliphatic carboxylic acids is 1. The molecule has 2 atom stereocenters. The molecule has 0 radical (unpaired) electrons. The van der Waals surface area contributed by atoms with Gasteiger partial charge in [0, 0.05) is 4.75 Å². The predicted molar refractivity (Wildman–Crippen MR) is 76.3 cm³/mol. The fourth-order valence-corrected chi connectivity index (χ4v) is 4.25. The molecule has 2 aliphatic heterocycles. The Morgan fingerprint density at radius 2 is 2.18 bits per heavy atom. The maximum atomic E-state index is 12.0. The van der Waals surface area contributed by atoms with Crippen LogP contribution in [0, 0.1) is 0 Å². The molecule has 0 bridgehead atoms. The Labute approximate surface area is 158 Å². The van der Waals surface area contributed by atoms with Gasteiger partial charge < -0.3 is 19.5 Å². The van der Waals surface area contributed by atoms with Gasteiger partial charge in [-0.15, -0.1) is 11.8 Å².